The van der Waals surface area contributed by atoms with Crippen LogP contribution in [0.2, 0.25) is 5.02 Å². The monoisotopic (exact) mass is 347 g/mol. The predicted octanol–water partition coefficient (Wildman–Crippen LogP) is 3.84. The molecule has 1 aromatic carbocycles. The van der Waals surface area contributed by atoms with E-state index in [0.29, 0.717) is 23.2 Å². The number of hydrogen-bond donors (Lipinski definition) is 1. The number of rotatable bonds is 3. The van der Waals surface area contributed by atoms with Gasteiger partial charge in [-0.3, -0.25) is 9.48 Å². The topological polar surface area (TPSA) is 56.1 Å². The Morgan fingerprint density at radius 2 is 2.21 bits per heavy atom. The van der Waals surface area contributed by atoms with Gasteiger partial charge in [-0.15, -0.1) is 0 Å². The molecule has 24 heavy (non-hydrogen) atoms. The number of aromatic nitrogens is 2. The van der Waals surface area contributed by atoms with Crippen molar-refractivity contribution < 1.29 is 9.53 Å². The van der Waals surface area contributed by atoms with Crippen LogP contribution in [-0.2, 0) is 7.05 Å². The fourth-order valence-corrected chi connectivity index (χ4v) is 3.22. The van der Waals surface area contributed by atoms with Gasteiger partial charge in [0, 0.05) is 23.3 Å². The molecule has 0 saturated heterocycles. The minimum absolute atomic E-state index is 0.100. The number of halogens is 1. The van der Waals surface area contributed by atoms with E-state index in [1.54, 1.807) is 10.7 Å². The van der Waals surface area contributed by atoms with Crippen LogP contribution in [0.5, 0.6) is 5.75 Å². The summed E-state index contributed by atoms with van der Waals surface area (Å²) in [5.41, 5.74) is 2.45. The van der Waals surface area contributed by atoms with E-state index in [0.717, 1.165) is 29.8 Å². The molecule has 0 saturated carbocycles. The van der Waals surface area contributed by atoms with Gasteiger partial charge in [0.25, 0.3) is 5.91 Å². The lowest BCUT2D eigenvalue weighted by Gasteiger charge is -2.18. The molecule has 128 valence electrons. The van der Waals surface area contributed by atoms with Gasteiger partial charge < -0.3 is 10.1 Å². The van der Waals surface area contributed by atoms with E-state index in [2.05, 4.69) is 24.3 Å². The fourth-order valence-electron chi connectivity index (χ4n) is 3.06. The summed E-state index contributed by atoms with van der Waals surface area (Å²) in [6.45, 7) is 4.80. The molecule has 5 nitrogen and oxygen atoms in total. The largest absolute Gasteiger partial charge is 0.493 e. The molecule has 1 atom stereocenters. The van der Waals surface area contributed by atoms with Crippen molar-refractivity contribution >= 4 is 17.5 Å². The van der Waals surface area contributed by atoms with E-state index in [1.807, 2.05) is 25.2 Å². The normalized spacial score (nSPS) is 17.1. The Morgan fingerprint density at radius 3 is 2.92 bits per heavy atom. The number of fused-ring (bicyclic) bond motifs is 1. The maximum atomic E-state index is 12.6. The summed E-state index contributed by atoms with van der Waals surface area (Å²) in [6, 6.07) is 7.31. The van der Waals surface area contributed by atoms with E-state index in [-0.39, 0.29) is 11.9 Å². The average Bonchev–Trinajstić information content (AvgIpc) is 2.82. The second kappa shape index (κ2) is 6.85. The molecule has 0 bridgehead atoms. The zero-order chi connectivity index (χ0) is 17.3. The predicted molar refractivity (Wildman–Crippen MR) is 93.7 cm³/mol. The van der Waals surface area contributed by atoms with Crippen LogP contribution < -0.4 is 10.1 Å². The number of nitrogens with zero attached hydrogens (tertiary/aromatic N) is 2. The van der Waals surface area contributed by atoms with E-state index < -0.39 is 0 Å². The lowest BCUT2D eigenvalue weighted by Crippen LogP contribution is -2.28. The van der Waals surface area contributed by atoms with Crippen molar-refractivity contribution in [3.8, 4) is 5.75 Å². The molecular formula is C18H22ClN3O2. The maximum absolute atomic E-state index is 12.6. The smallest absolute Gasteiger partial charge is 0.272 e. The molecule has 0 aliphatic carbocycles. The zero-order valence-corrected chi connectivity index (χ0v) is 14.9. The second-order valence-electron chi connectivity index (χ2n) is 6.43. The highest BCUT2D eigenvalue weighted by Crippen LogP contribution is 2.33. The first kappa shape index (κ1) is 16.8. The Labute approximate surface area is 147 Å². The summed E-state index contributed by atoms with van der Waals surface area (Å²) in [5, 5.41) is 8.07. The lowest BCUT2D eigenvalue weighted by atomic mass is 10.0. The summed E-state index contributed by atoms with van der Waals surface area (Å²) in [4.78, 5) is 12.6. The van der Waals surface area contributed by atoms with Gasteiger partial charge in [-0.2, -0.15) is 5.10 Å². The Hall–Kier alpha value is -2.01. The van der Waals surface area contributed by atoms with E-state index in [4.69, 9.17) is 16.3 Å². The van der Waals surface area contributed by atoms with Gasteiger partial charge in [0.2, 0.25) is 0 Å². The highest BCUT2D eigenvalue weighted by Gasteiger charge is 2.24. The van der Waals surface area contributed by atoms with Crippen LogP contribution in [0, 0.1) is 0 Å². The number of ether oxygens (including phenoxy) is 1. The molecule has 2 heterocycles. The van der Waals surface area contributed by atoms with Crippen molar-refractivity contribution in [2.75, 3.05) is 6.61 Å². The molecule has 6 heteroatoms. The fraction of sp³-hybridized carbons (Fsp3) is 0.444. The van der Waals surface area contributed by atoms with Crippen molar-refractivity contribution in [2.45, 2.75) is 38.6 Å². The van der Waals surface area contributed by atoms with Gasteiger partial charge in [-0.1, -0.05) is 31.5 Å². The van der Waals surface area contributed by atoms with Crippen molar-refractivity contribution in [2.24, 2.45) is 7.05 Å². The van der Waals surface area contributed by atoms with Crippen LogP contribution in [0.15, 0.2) is 24.3 Å². The van der Waals surface area contributed by atoms with Gasteiger partial charge in [-0.05, 0) is 37.0 Å². The Balaban J connectivity index is 1.83. The zero-order valence-electron chi connectivity index (χ0n) is 14.2. The number of aryl methyl sites for hydroxylation is 1. The van der Waals surface area contributed by atoms with Crippen LogP contribution in [0.1, 0.15) is 60.4 Å². The van der Waals surface area contributed by atoms with Crippen molar-refractivity contribution in [1.82, 2.24) is 15.1 Å². The first-order chi connectivity index (χ1) is 11.5. The third-order valence-electron chi connectivity index (χ3n) is 4.29. The molecule has 2 aromatic rings. The Bertz CT molecular complexity index is 755. The van der Waals surface area contributed by atoms with E-state index >= 15 is 0 Å². The number of nitrogens with one attached hydrogen (secondary N) is 1. The maximum Gasteiger partial charge on any atom is 0.272 e. The summed E-state index contributed by atoms with van der Waals surface area (Å²) in [5.74, 6) is 0.901. The first-order valence-electron chi connectivity index (χ1n) is 8.22. The van der Waals surface area contributed by atoms with Crippen LogP contribution in [-0.4, -0.2) is 22.3 Å². The molecule has 0 fully saturated rings. The summed E-state index contributed by atoms with van der Waals surface area (Å²) in [6.07, 6.45) is 1.70. The third-order valence-corrected chi connectivity index (χ3v) is 4.53. The summed E-state index contributed by atoms with van der Waals surface area (Å²) >= 11 is 6.05. The molecule has 0 spiro atoms. The third kappa shape index (κ3) is 3.41. The molecule has 3 rings (SSSR count). The molecule has 1 aromatic heterocycles. The van der Waals surface area contributed by atoms with Crippen LogP contribution in [0.25, 0.3) is 0 Å². The molecule has 0 unspecified atom stereocenters. The lowest BCUT2D eigenvalue weighted by molar-refractivity contribution is 0.0929. The standard InChI is InChI=1S/C18H22ClN3O2/c1-11(2)16-10-15(21-22(16)3)18(23)20-14-5-4-8-24-17-9-12(19)6-7-13(14)17/h6-7,9-11,14H,4-5,8H2,1-3H3,(H,20,23)/t14-/m0/s1. The van der Waals surface area contributed by atoms with Gasteiger partial charge in [-0.25, -0.2) is 0 Å². The minimum Gasteiger partial charge on any atom is -0.493 e. The van der Waals surface area contributed by atoms with Crippen LogP contribution >= 0.6 is 11.6 Å². The highest BCUT2D eigenvalue weighted by atomic mass is 35.5. The van der Waals surface area contributed by atoms with Gasteiger partial charge in [0.05, 0.1) is 12.6 Å². The summed E-state index contributed by atoms with van der Waals surface area (Å²) < 4.78 is 7.51. The molecule has 1 aliphatic heterocycles. The highest BCUT2D eigenvalue weighted by molar-refractivity contribution is 6.30. The molecule has 0 radical (unpaired) electrons. The number of carbonyl (C=O) groups is 1. The Morgan fingerprint density at radius 1 is 1.42 bits per heavy atom. The number of benzene rings is 1. The quantitative estimate of drug-likeness (QED) is 0.917. The van der Waals surface area contributed by atoms with Gasteiger partial charge >= 0.3 is 0 Å². The van der Waals surface area contributed by atoms with Crippen molar-refractivity contribution in [3.05, 3.63) is 46.2 Å². The Kier molecular flexibility index (Phi) is 4.81. The van der Waals surface area contributed by atoms with E-state index in [1.165, 1.54) is 0 Å². The van der Waals surface area contributed by atoms with Gasteiger partial charge in [0.15, 0.2) is 0 Å². The number of amides is 1. The minimum atomic E-state index is -0.162. The summed E-state index contributed by atoms with van der Waals surface area (Å²) in [7, 11) is 1.86. The first-order valence-corrected chi connectivity index (χ1v) is 8.60. The number of carbonyl (C=O) groups excluding carboxylic acids is 1. The molecule has 1 N–H and O–H groups in total. The van der Waals surface area contributed by atoms with Crippen molar-refractivity contribution in [3.63, 3.8) is 0 Å². The number of hydrogen-bond acceptors (Lipinski definition) is 3. The van der Waals surface area contributed by atoms with Crippen LogP contribution in [0.3, 0.4) is 0 Å². The molecule has 1 amide bonds. The second-order valence-corrected chi connectivity index (χ2v) is 6.87. The molecular weight excluding hydrogens is 326 g/mol. The SMILES string of the molecule is CC(C)c1cc(C(=O)N[C@H]2CCCOc3cc(Cl)ccc32)nn1C. The average molecular weight is 348 g/mol. The van der Waals surface area contributed by atoms with Crippen LogP contribution in [0.4, 0.5) is 0 Å². The molecule has 1 aliphatic rings. The van der Waals surface area contributed by atoms with Gasteiger partial charge in [0.1, 0.15) is 11.4 Å². The van der Waals surface area contributed by atoms with E-state index in [9.17, 15) is 4.79 Å². The van der Waals surface area contributed by atoms with Crippen molar-refractivity contribution in [1.29, 1.82) is 0 Å².